The Balaban J connectivity index is 1.18. The number of thiophene rings is 1. The van der Waals surface area contributed by atoms with Gasteiger partial charge in [-0.25, -0.2) is 0 Å². The Labute approximate surface area is 219 Å². The van der Waals surface area contributed by atoms with E-state index < -0.39 is 0 Å². The van der Waals surface area contributed by atoms with Gasteiger partial charge in [-0.15, -0.1) is 21.5 Å². The lowest BCUT2D eigenvalue weighted by Gasteiger charge is -2.36. The highest BCUT2D eigenvalue weighted by Crippen LogP contribution is 2.26. The Morgan fingerprint density at radius 1 is 1.06 bits per heavy atom. The van der Waals surface area contributed by atoms with E-state index in [4.69, 9.17) is 16.3 Å². The third-order valence-electron chi connectivity index (χ3n) is 6.55. The first-order valence-electron chi connectivity index (χ1n) is 12.1. The summed E-state index contributed by atoms with van der Waals surface area (Å²) in [4.78, 5) is 32.5. The maximum absolute atomic E-state index is 13.2. The number of ether oxygens (including phenoxy) is 1. The van der Waals surface area contributed by atoms with E-state index >= 15 is 0 Å². The highest BCUT2D eigenvalue weighted by molar-refractivity contribution is 7.12. The summed E-state index contributed by atoms with van der Waals surface area (Å²) in [5, 5.41) is 11.3. The number of amides is 2. The van der Waals surface area contributed by atoms with Crippen LogP contribution < -0.4 is 4.90 Å². The third-order valence-corrected chi connectivity index (χ3v) is 7.74. The van der Waals surface area contributed by atoms with Gasteiger partial charge in [-0.2, -0.15) is 0 Å². The maximum atomic E-state index is 13.2. The summed E-state index contributed by atoms with van der Waals surface area (Å²) in [5.41, 5.74) is 1.57. The van der Waals surface area contributed by atoms with Crippen LogP contribution in [0, 0.1) is 0 Å². The summed E-state index contributed by atoms with van der Waals surface area (Å²) >= 11 is 7.67. The van der Waals surface area contributed by atoms with Crippen molar-refractivity contribution in [3.05, 3.63) is 63.8 Å². The number of carbonyl (C=O) groups excluding carboxylic acids is 2. The van der Waals surface area contributed by atoms with Gasteiger partial charge in [0.15, 0.2) is 5.82 Å². The zero-order valence-corrected chi connectivity index (χ0v) is 21.5. The molecule has 0 aliphatic carbocycles. The summed E-state index contributed by atoms with van der Waals surface area (Å²) < 4.78 is 5.74. The molecule has 188 valence electrons. The highest BCUT2D eigenvalue weighted by atomic mass is 35.5. The van der Waals surface area contributed by atoms with Crippen molar-refractivity contribution in [3.63, 3.8) is 0 Å². The second kappa shape index (κ2) is 11.4. The number of rotatable bonds is 7. The van der Waals surface area contributed by atoms with Crippen molar-refractivity contribution in [2.75, 3.05) is 50.8 Å². The van der Waals surface area contributed by atoms with Gasteiger partial charge in [0.05, 0.1) is 21.7 Å². The molecule has 0 saturated carbocycles. The Bertz CT molecular complexity index is 1180. The molecular formula is C26H28ClN5O3S. The topological polar surface area (TPSA) is 78.9 Å². The van der Waals surface area contributed by atoms with Crippen LogP contribution in [0.5, 0.6) is 0 Å². The SMILES string of the molecule is O=C(CN(C[C@H]1CCCO1)C(=O)c1cccs1)N1CCN(c2ccc(-c3ccccc3Cl)nn2)CC1. The number of hydrogen-bond acceptors (Lipinski definition) is 7. The van der Waals surface area contributed by atoms with E-state index in [2.05, 4.69) is 15.1 Å². The van der Waals surface area contributed by atoms with Gasteiger partial charge >= 0.3 is 0 Å². The molecule has 0 unspecified atom stereocenters. The van der Waals surface area contributed by atoms with Crippen LogP contribution in [0.3, 0.4) is 0 Å². The molecule has 3 aromatic rings. The first-order valence-corrected chi connectivity index (χ1v) is 13.4. The molecule has 2 amide bonds. The summed E-state index contributed by atoms with van der Waals surface area (Å²) in [6, 6.07) is 15.1. The van der Waals surface area contributed by atoms with Crippen molar-refractivity contribution in [1.29, 1.82) is 0 Å². The lowest BCUT2D eigenvalue weighted by atomic mass is 10.1. The quantitative estimate of drug-likeness (QED) is 0.466. The number of carbonyl (C=O) groups is 2. The maximum Gasteiger partial charge on any atom is 0.264 e. The highest BCUT2D eigenvalue weighted by Gasteiger charge is 2.29. The van der Waals surface area contributed by atoms with Crippen molar-refractivity contribution in [2.45, 2.75) is 18.9 Å². The van der Waals surface area contributed by atoms with Gasteiger partial charge in [0.1, 0.15) is 6.54 Å². The van der Waals surface area contributed by atoms with Crippen LogP contribution in [0.2, 0.25) is 5.02 Å². The number of anilines is 1. The van der Waals surface area contributed by atoms with Gasteiger partial charge in [0.25, 0.3) is 5.91 Å². The Morgan fingerprint density at radius 3 is 2.56 bits per heavy atom. The second-order valence-electron chi connectivity index (χ2n) is 8.92. The van der Waals surface area contributed by atoms with Crippen molar-refractivity contribution >= 4 is 40.6 Å². The zero-order chi connectivity index (χ0) is 24.9. The minimum atomic E-state index is -0.110. The van der Waals surface area contributed by atoms with Crippen molar-refractivity contribution in [1.82, 2.24) is 20.0 Å². The number of nitrogens with zero attached hydrogens (tertiary/aromatic N) is 5. The number of benzene rings is 1. The van der Waals surface area contributed by atoms with Gasteiger partial charge in [-0.05, 0) is 42.5 Å². The number of hydrogen-bond donors (Lipinski definition) is 0. The standard InChI is InChI=1S/C26H28ClN5O3S/c27-21-7-2-1-6-20(21)22-9-10-24(29-28-22)30-11-13-31(14-12-30)25(33)18-32(17-19-5-3-15-35-19)26(34)23-8-4-16-36-23/h1-2,4,6-10,16,19H,3,5,11-15,17-18H2/t19-/m1/s1. The molecule has 2 saturated heterocycles. The summed E-state index contributed by atoms with van der Waals surface area (Å²) in [6.07, 6.45) is 1.90. The molecule has 36 heavy (non-hydrogen) atoms. The molecule has 0 spiro atoms. The van der Waals surface area contributed by atoms with Crippen LogP contribution in [-0.4, -0.2) is 83.8 Å². The van der Waals surface area contributed by atoms with Gasteiger partial charge in [-0.3, -0.25) is 9.59 Å². The monoisotopic (exact) mass is 525 g/mol. The van der Waals surface area contributed by atoms with Crippen LogP contribution in [-0.2, 0) is 9.53 Å². The van der Waals surface area contributed by atoms with Crippen LogP contribution in [0.4, 0.5) is 5.82 Å². The normalized spacial score (nSPS) is 17.9. The van der Waals surface area contributed by atoms with E-state index in [1.807, 2.05) is 52.7 Å². The fourth-order valence-electron chi connectivity index (χ4n) is 4.56. The van der Waals surface area contributed by atoms with Gasteiger partial charge in [0.2, 0.25) is 5.91 Å². The molecule has 2 aliphatic rings. The predicted molar refractivity (Wildman–Crippen MR) is 140 cm³/mol. The minimum Gasteiger partial charge on any atom is -0.376 e. The van der Waals surface area contributed by atoms with Gasteiger partial charge in [-0.1, -0.05) is 35.9 Å². The van der Waals surface area contributed by atoms with Crippen LogP contribution >= 0.6 is 22.9 Å². The fourth-order valence-corrected chi connectivity index (χ4v) is 5.49. The molecule has 1 aromatic carbocycles. The van der Waals surface area contributed by atoms with E-state index in [-0.39, 0.29) is 24.5 Å². The van der Waals surface area contributed by atoms with Crippen LogP contribution in [0.15, 0.2) is 53.9 Å². The largest absolute Gasteiger partial charge is 0.376 e. The second-order valence-corrected chi connectivity index (χ2v) is 10.3. The molecule has 0 N–H and O–H groups in total. The number of halogens is 1. The first kappa shape index (κ1) is 24.7. The molecule has 2 fully saturated rings. The van der Waals surface area contributed by atoms with E-state index in [1.54, 1.807) is 11.0 Å². The Kier molecular flexibility index (Phi) is 7.79. The average molecular weight is 526 g/mol. The molecule has 0 bridgehead atoms. The summed E-state index contributed by atoms with van der Waals surface area (Å²) in [5.74, 6) is 0.616. The molecule has 2 aromatic heterocycles. The molecule has 2 aliphatic heterocycles. The summed E-state index contributed by atoms with van der Waals surface area (Å²) in [6.45, 7) is 3.64. The fraction of sp³-hybridized carbons (Fsp3) is 0.385. The van der Waals surface area contributed by atoms with Crippen LogP contribution in [0.25, 0.3) is 11.3 Å². The minimum absolute atomic E-state index is 0.00845. The number of aromatic nitrogens is 2. The zero-order valence-electron chi connectivity index (χ0n) is 19.9. The first-order chi connectivity index (χ1) is 17.6. The van der Waals surface area contributed by atoms with Crippen LogP contribution in [0.1, 0.15) is 22.5 Å². The van der Waals surface area contributed by atoms with Gasteiger partial charge < -0.3 is 19.4 Å². The molecule has 5 rings (SSSR count). The van der Waals surface area contributed by atoms with Gasteiger partial charge in [0, 0.05) is 44.9 Å². The smallest absolute Gasteiger partial charge is 0.264 e. The van der Waals surface area contributed by atoms with E-state index in [9.17, 15) is 9.59 Å². The molecule has 0 radical (unpaired) electrons. The molecule has 8 nitrogen and oxygen atoms in total. The predicted octanol–water partition coefficient (Wildman–Crippen LogP) is 3.83. The van der Waals surface area contributed by atoms with Crippen molar-refractivity contribution < 1.29 is 14.3 Å². The third kappa shape index (κ3) is 5.69. The lowest BCUT2D eigenvalue weighted by Crippen LogP contribution is -2.52. The average Bonchev–Trinajstić information content (AvgIpc) is 3.63. The van der Waals surface area contributed by atoms with E-state index in [0.29, 0.717) is 49.2 Å². The van der Waals surface area contributed by atoms with E-state index in [0.717, 1.165) is 29.9 Å². The molecular weight excluding hydrogens is 498 g/mol. The number of piperazine rings is 1. The van der Waals surface area contributed by atoms with Crippen molar-refractivity contribution in [3.8, 4) is 11.3 Å². The Hall–Kier alpha value is -3.01. The van der Waals surface area contributed by atoms with E-state index in [1.165, 1.54) is 11.3 Å². The Morgan fingerprint density at radius 2 is 1.89 bits per heavy atom. The van der Waals surface area contributed by atoms with Crippen molar-refractivity contribution in [2.24, 2.45) is 0 Å². The molecule has 10 heteroatoms. The molecule has 1 atom stereocenters. The summed E-state index contributed by atoms with van der Waals surface area (Å²) in [7, 11) is 0. The molecule has 4 heterocycles. The lowest BCUT2D eigenvalue weighted by molar-refractivity contribution is -0.132.